The molecule has 4 rings (SSSR count). The van der Waals surface area contributed by atoms with E-state index in [0.29, 0.717) is 22.4 Å². The number of hydrogen-bond acceptors (Lipinski definition) is 2. The van der Waals surface area contributed by atoms with Gasteiger partial charge in [-0.25, -0.2) is 0 Å². The first kappa shape index (κ1) is 17.0. The van der Waals surface area contributed by atoms with Crippen molar-refractivity contribution >= 4 is 28.4 Å². The highest BCUT2D eigenvalue weighted by atomic mass is 35.5. The van der Waals surface area contributed by atoms with Crippen LogP contribution in [0.25, 0.3) is 10.9 Å². The molecule has 0 aliphatic carbocycles. The van der Waals surface area contributed by atoms with Gasteiger partial charge >= 0.3 is 0 Å². The molecule has 0 bridgehead atoms. The predicted molar refractivity (Wildman–Crippen MR) is 104 cm³/mol. The lowest BCUT2D eigenvalue weighted by molar-refractivity contribution is 0.0778. The number of phenols is 1. The maximum absolute atomic E-state index is 13.0. The minimum Gasteiger partial charge on any atom is -0.508 e. The molecule has 1 N–H and O–H groups in total. The van der Waals surface area contributed by atoms with Gasteiger partial charge in [-0.2, -0.15) is 0 Å². The van der Waals surface area contributed by atoms with Gasteiger partial charge in [-0.15, -0.1) is 0 Å². The molecule has 4 nitrogen and oxygen atoms in total. The first-order valence-electron chi connectivity index (χ1n) is 8.83. The molecule has 0 saturated carbocycles. The van der Waals surface area contributed by atoms with Crippen molar-refractivity contribution in [3.63, 3.8) is 0 Å². The van der Waals surface area contributed by atoms with E-state index >= 15 is 0 Å². The van der Waals surface area contributed by atoms with Crippen molar-refractivity contribution in [2.24, 2.45) is 13.0 Å². The number of fused-ring (bicyclic) bond motifs is 1. The summed E-state index contributed by atoms with van der Waals surface area (Å²) in [6, 6.07) is 15.0. The van der Waals surface area contributed by atoms with E-state index in [4.69, 9.17) is 11.6 Å². The third-order valence-electron chi connectivity index (χ3n) is 5.23. The maximum Gasteiger partial charge on any atom is 0.270 e. The van der Waals surface area contributed by atoms with E-state index in [2.05, 4.69) is 0 Å². The summed E-state index contributed by atoms with van der Waals surface area (Å²) in [5.41, 5.74) is 2.78. The number of nitrogens with zero attached hydrogens (tertiary/aromatic N) is 2. The van der Waals surface area contributed by atoms with Crippen molar-refractivity contribution in [1.29, 1.82) is 0 Å². The third kappa shape index (κ3) is 3.17. The molecular weight excluding hydrogens is 348 g/mol. The molecule has 1 aliphatic heterocycles. The number of carbonyl (C=O) groups excluding carboxylic acids is 1. The molecule has 1 saturated heterocycles. The van der Waals surface area contributed by atoms with Gasteiger partial charge in [0.2, 0.25) is 0 Å². The lowest BCUT2D eigenvalue weighted by Crippen LogP contribution is -2.30. The zero-order valence-electron chi connectivity index (χ0n) is 14.7. The Morgan fingerprint density at radius 1 is 1.23 bits per heavy atom. The van der Waals surface area contributed by atoms with Gasteiger partial charge in [0.15, 0.2) is 0 Å². The monoisotopic (exact) mass is 368 g/mol. The zero-order valence-corrected chi connectivity index (χ0v) is 15.4. The molecular formula is C21H21ClN2O2. The van der Waals surface area contributed by atoms with Crippen molar-refractivity contribution in [1.82, 2.24) is 9.47 Å². The lowest BCUT2D eigenvalue weighted by Gasteiger charge is -2.17. The number of hydrogen-bond donors (Lipinski definition) is 1. The molecule has 1 aromatic heterocycles. The summed E-state index contributed by atoms with van der Waals surface area (Å²) < 4.78 is 1.92. The van der Waals surface area contributed by atoms with Gasteiger partial charge in [-0.3, -0.25) is 4.79 Å². The molecule has 1 fully saturated rings. The van der Waals surface area contributed by atoms with Gasteiger partial charge in [0.05, 0.1) is 0 Å². The smallest absolute Gasteiger partial charge is 0.270 e. The van der Waals surface area contributed by atoms with Gasteiger partial charge in [0.1, 0.15) is 11.4 Å². The molecule has 1 aliphatic rings. The molecule has 1 unspecified atom stereocenters. The molecule has 3 aromatic rings. The Hall–Kier alpha value is -2.46. The quantitative estimate of drug-likeness (QED) is 0.751. The highest BCUT2D eigenvalue weighted by molar-refractivity contribution is 6.31. The topological polar surface area (TPSA) is 45.5 Å². The lowest BCUT2D eigenvalue weighted by atomic mass is 9.98. The number of benzene rings is 2. The standard InChI is InChI=1S/C21H21ClN2O2/c1-23-19-12-17(22)6-5-16(19)11-20(23)21(26)24-8-7-15(13-24)9-14-3-2-4-18(25)10-14/h2-6,10-12,15,25H,7-9,13H2,1H3. The summed E-state index contributed by atoms with van der Waals surface area (Å²) in [6.07, 6.45) is 1.86. The fraction of sp³-hybridized carbons (Fsp3) is 0.286. The Bertz CT molecular complexity index is 979. The van der Waals surface area contributed by atoms with Gasteiger partial charge in [-0.05, 0) is 54.7 Å². The Balaban J connectivity index is 1.50. The Morgan fingerprint density at radius 2 is 2.08 bits per heavy atom. The number of rotatable bonds is 3. The number of halogens is 1. The Morgan fingerprint density at radius 3 is 2.88 bits per heavy atom. The van der Waals surface area contributed by atoms with Crippen LogP contribution in [0.3, 0.4) is 0 Å². The van der Waals surface area contributed by atoms with E-state index < -0.39 is 0 Å². The summed E-state index contributed by atoms with van der Waals surface area (Å²) in [5.74, 6) is 0.783. The number of aryl methyl sites for hydroxylation is 1. The normalized spacial score (nSPS) is 17.2. The molecule has 2 heterocycles. The fourth-order valence-electron chi connectivity index (χ4n) is 3.87. The summed E-state index contributed by atoms with van der Waals surface area (Å²) >= 11 is 6.09. The SMILES string of the molecule is Cn1c(C(=O)N2CCC(Cc3cccc(O)c3)C2)cc2ccc(Cl)cc21. The molecule has 2 aromatic carbocycles. The van der Waals surface area contributed by atoms with Crippen LogP contribution in [0.2, 0.25) is 5.02 Å². The van der Waals surface area contributed by atoms with E-state index in [9.17, 15) is 9.90 Å². The van der Waals surface area contributed by atoms with Crippen molar-refractivity contribution in [3.8, 4) is 5.75 Å². The van der Waals surface area contributed by atoms with Crippen LogP contribution in [0.15, 0.2) is 48.5 Å². The Kier molecular flexibility index (Phi) is 4.37. The van der Waals surface area contributed by atoms with Gasteiger partial charge < -0.3 is 14.6 Å². The van der Waals surface area contributed by atoms with Crippen molar-refractivity contribution in [3.05, 3.63) is 64.8 Å². The van der Waals surface area contributed by atoms with Crippen molar-refractivity contribution in [2.75, 3.05) is 13.1 Å². The number of aromatic nitrogens is 1. The zero-order chi connectivity index (χ0) is 18.3. The summed E-state index contributed by atoms with van der Waals surface area (Å²) in [4.78, 5) is 14.9. The average molecular weight is 369 g/mol. The molecule has 0 spiro atoms. The first-order chi connectivity index (χ1) is 12.5. The highest BCUT2D eigenvalue weighted by Crippen LogP contribution is 2.27. The van der Waals surface area contributed by atoms with Crippen LogP contribution in [0.4, 0.5) is 0 Å². The molecule has 1 atom stereocenters. The van der Waals surface area contributed by atoms with Crippen LogP contribution >= 0.6 is 11.6 Å². The second-order valence-corrected chi connectivity index (χ2v) is 7.51. The molecule has 1 amide bonds. The van der Waals surface area contributed by atoms with E-state index in [1.54, 1.807) is 12.1 Å². The van der Waals surface area contributed by atoms with Gasteiger partial charge in [-0.1, -0.05) is 29.8 Å². The molecule has 134 valence electrons. The highest BCUT2D eigenvalue weighted by Gasteiger charge is 2.28. The fourth-order valence-corrected chi connectivity index (χ4v) is 4.04. The van der Waals surface area contributed by atoms with E-state index in [1.807, 2.05) is 52.9 Å². The molecule has 5 heteroatoms. The third-order valence-corrected chi connectivity index (χ3v) is 5.47. The van der Waals surface area contributed by atoms with Crippen LogP contribution in [0.5, 0.6) is 5.75 Å². The van der Waals surface area contributed by atoms with E-state index in [-0.39, 0.29) is 5.91 Å². The number of aromatic hydroxyl groups is 1. The van der Waals surface area contributed by atoms with E-state index in [1.165, 1.54) is 0 Å². The van der Waals surface area contributed by atoms with Crippen LogP contribution < -0.4 is 0 Å². The van der Waals surface area contributed by atoms with Crippen LogP contribution in [0.1, 0.15) is 22.5 Å². The first-order valence-corrected chi connectivity index (χ1v) is 9.21. The van der Waals surface area contributed by atoms with Crippen molar-refractivity contribution < 1.29 is 9.90 Å². The minimum absolute atomic E-state index is 0.0678. The number of phenolic OH excluding ortho intramolecular Hbond substituents is 1. The predicted octanol–water partition coefficient (Wildman–Crippen LogP) is 4.24. The van der Waals surface area contributed by atoms with Crippen LogP contribution in [-0.2, 0) is 13.5 Å². The maximum atomic E-state index is 13.0. The second kappa shape index (κ2) is 6.69. The summed E-state index contributed by atoms with van der Waals surface area (Å²) in [5, 5.41) is 11.3. The van der Waals surface area contributed by atoms with Crippen LogP contribution in [-0.4, -0.2) is 33.6 Å². The summed E-state index contributed by atoms with van der Waals surface area (Å²) in [7, 11) is 1.91. The second-order valence-electron chi connectivity index (χ2n) is 7.07. The number of carbonyl (C=O) groups is 1. The average Bonchev–Trinajstić information content (AvgIpc) is 3.20. The van der Waals surface area contributed by atoms with E-state index in [0.717, 1.165) is 42.4 Å². The van der Waals surface area contributed by atoms with Gasteiger partial charge in [0, 0.05) is 36.1 Å². The minimum atomic E-state index is 0.0678. The molecule has 0 radical (unpaired) electrons. The van der Waals surface area contributed by atoms with Crippen LogP contribution in [0, 0.1) is 5.92 Å². The number of amides is 1. The van der Waals surface area contributed by atoms with Crippen molar-refractivity contribution in [2.45, 2.75) is 12.8 Å². The molecule has 26 heavy (non-hydrogen) atoms. The van der Waals surface area contributed by atoms with Gasteiger partial charge in [0.25, 0.3) is 5.91 Å². The Labute approximate surface area is 157 Å². The summed E-state index contributed by atoms with van der Waals surface area (Å²) in [6.45, 7) is 1.52. The largest absolute Gasteiger partial charge is 0.508 e. The number of likely N-dealkylation sites (tertiary alicyclic amines) is 1.